The summed E-state index contributed by atoms with van der Waals surface area (Å²) in [4.78, 5) is 35.2. The van der Waals surface area contributed by atoms with Crippen LogP contribution in [0.2, 0.25) is 0 Å². The summed E-state index contributed by atoms with van der Waals surface area (Å²) in [5, 5.41) is 5.53. The van der Waals surface area contributed by atoms with Gasteiger partial charge in [0, 0.05) is 18.2 Å². The minimum absolute atomic E-state index is 0.0736. The molecule has 2 N–H and O–H groups in total. The van der Waals surface area contributed by atoms with Crippen molar-refractivity contribution >= 4 is 23.3 Å². The largest absolute Gasteiger partial charge is 0.483 e. The second-order valence-corrected chi connectivity index (χ2v) is 5.73. The molecule has 0 aliphatic rings. The van der Waals surface area contributed by atoms with Gasteiger partial charge in [0.05, 0.1) is 5.56 Å². The van der Waals surface area contributed by atoms with E-state index < -0.39 is 0 Å². The van der Waals surface area contributed by atoms with E-state index in [-0.39, 0.29) is 30.2 Å². The number of amides is 2. The van der Waals surface area contributed by atoms with Crippen LogP contribution in [0.4, 0.5) is 5.69 Å². The SMILES string of the molecule is CCCC(=O)Nc1ccc(OCC(=O)NC(C)CC)c(C(C)=O)c1. The van der Waals surface area contributed by atoms with Crippen LogP contribution in [0.25, 0.3) is 0 Å². The van der Waals surface area contributed by atoms with Gasteiger partial charge in [-0.25, -0.2) is 0 Å². The number of nitrogens with one attached hydrogen (secondary N) is 2. The molecule has 0 aliphatic carbocycles. The van der Waals surface area contributed by atoms with Crippen molar-refractivity contribution in [2.24, 2.45) is 0 Å². The first kappa shape index (κ1) is 19.7. The van der Waals surface area contributed by atoms with Gasteiger partial charge in [-0.15, -0.1) is 0 Å². The molecule has 0 aliphatic heterocycles. The zero-order valence-electron chi connectivity index (χ0n) is 14.8. The molecule has 0 bridgehead atoms. The van der Waals surface area contributed by atoms with E-state index in [1.807, 2.05) is 20.8 Å². The highest BCUT2D eigenvalue weighted by atomic mass is 16.5. The van der Waals surface area contributed by atoms with Gasteiger partial charge in [0.1, 0.15) is 5.75 Å². The number of anilines is 1. The molecule has 132 valence electrons. The molecule has 2 amide bonds. The number of ether oxygens (including phenoxy) is 1. The van der Waals surface area contributed by atoms with E-state index in [1.165, 1.54) is 6.92 Å². The van der Waals surface area contributed by atoms with Gasteiger partial charge in [-0.1, -0.05) is 13.8 Å². The third kappa shape index (κ3) is 6.40. The average molecular weight is 334 g/mol. The summed E-state index contributed by atoms with van der Waals surface area (Å²) in [7, 11) is 0. The summed E-state index contributed by atoms with van der Waals surface area (Å²) in [5.74, 6) is -0.206. The van der Waals surface area contributed by atoms with E-state index in [2.05, 4.69) is 10.6 Å². The Kier molecular flexibility index (Phi) is 7.95. The van der Waals surface area contributed by atoms with Crippen molar-refractivity contribution in [1.29, 1.82) is 0 Å². The summed E-state index contributed by atoms with van der Waals surface area (Å²) in [5.41, 5.74) is 0.871. The van der Waals surface area contributed by atoms with Crippen molar-refractivity contribution in [3.05, 3.63) is 23.8 Å². The maximum absolute atomic E-state index is 11.8. The van der Waals surface area contributed by atoms with Crippen LogP contribution >= 0.6 is 0 Å². The highest BCUT2D eigenvalue weighted by molar-refractivity contribution is 5.99. The molecule has 1 unspecified atom stereocenters. The minimum Gasteiger partial charge on any atom is -0.483 e. The number of carbonyl (C=O) groups excluding carboxylic acids is 3. The van der Waals surface area contributed by atoms with Crippen LogP contribution in [0.3, 0.4) is 0 Å². The summed E-state index contributed by atoms with van der Waals surface area (Å²) in [6.07, 6.45) is 2.00. The molecule has 0 spiro atoms. The molecule has 0 saturated carbocycles. The lowest BCUT2D eigenvalue weighted by Crippen LogP contribution is -2.35. The molecule has 0 heterocycles. The molecule has 6 nitrogen and oxygen atoms in total. The van der Waals surface area contributed by atoms with Gasteiger partial charge in [-0.05, 0) is 44.9 Å². The van der Waals surface area contributed by atoms with Crippen molar-refractivity contribution in [1.82, 2.24) is 5.32 Å². The van der Waals surface area contributed by atoms with E-state index in [0.29, 0.717) is 23.4 Å². The zero-order valence-corrected chi connectivity index (χ0v) is 14.8. The number of hydrogen-bond acceptors (Lipinski definition) is 4. The van der Waals surface area contributed by atoms with E-state index in [0.717, 1.165) is 12.8 Å². The van der Waals surface area contributed by atoms with Gasteiger partial charge in [0.2, 0.25) is 5.91 Å². The van der Waals surface area contributed by atoms with Gasteiger partial charge in [0.25, 0.3) is 5.91 Å². The second kappa shape index (κ2) is 9.70. The first-order chi connectivity index (χ1) is 11.4. The fourth-order valence-corrected chi connectivity index (χ4v) is 2.02. The molecule has 0 fully saturated rings. The van der Waals surface area contributed by atoms with Crippen LogP contribution in [-0.2, 0) is 9.59 Å². The predicted molar refractivity (Wildman–Crippen MR) is 93.4 cm³/mol. The molecule has 0 radical (unpaired) electrons. The molecule has 1 atom stereocenters. The lowest BCUT2D eigenvalue weighted by atomic mass is 10.1. The fraction of sp³-hybridized carbons (Fsp3) is 0.500. The van der Waals surface area contributed by atoms with Crippen molar-refractivity contribution in [2.75, 3.05) is 11.9 Å². The Hall–Kier alpha value is -2.37. The summed E-state index contributed by atoms with van der Waals surface area (Å²) in [6.45, 7) is 7.06. The van der Waals surface area contributed by atoms with E-state index in [9.17, 15) is 14.4 Å². The average Bonchev–Trinajstić information content (AvgIpc) is 2.53. The monoisotopic (exact) mass is 334 g/mol. The van der Waals surface area contributed by atoms with Gasteiger partial charge in [-0.3, -0.25) is 14.4 Å². The van der Waals surface area contributed by atoms with Gasteiger partial charge >= 0.3 is 0 Å². The third-order valence-corrected chi connectivity index (χ3v) is 3.50. The minimum atomic E-state index is -0.237. The number of benzene rings is 1. The number of rotatable bonds is 9. The first-order valence-electron chi connectivity index (χ1n) is 8.24. The Bertz CT molecular complexity index is 599. The molecule has 1 aromatic rings. The normalized spacial score (nSPS) is 11.5. The Balaban J connectivity index is 2.78. The number of ketones is 1. The Morgan fingerprint density at radius 2 is 1.88 bits per heavy atom. The van der Waals surface area contributed by atoms with Crippen LogP contribution in [0.15, 0.2) is 18.2 Å². The summed E-state index contributed by atoms with van der Waals surface area (Å²) < 4.78 is 5.47. The van der Waals surface area contributed by atoms with Crippen molar-refractivity contribution in [2.45, 2.75) is 53.0 Å². The molecule has 1 rings (SSSR count). The Labute approximate surface area is 143 Å². The number of carbonyl (C=O) groups is 3. The number of hydrogen-bond donors (Lipinski definition) is 2. The van der Waals surface area contributed by atoms with Crippen LogP contribution in [0.1, 0.15) is 57.3 Å². The summed E-state index contributed by atoms with van der Waals surface area (Å²) in [6, 6.07) is 4.89. The van der Waals surface area contributed by atoms with E-state index >= 15 is 0 Å². The molecule has 0 saturated heterocycles. The maximum Gasteiger partial charge on any atom is 0.258 e. The van der Waals surface area contributed by atoms with Gasteiger partial charge in [-0.2, -0.15) is 0 Å². The number of Topliss-reactive ketones (excluding diaryl/α,β-unsaturated/α-hetero) is 1. The van der Waals surface area contributed by atoms with Crippen molar-refractivity contribution < 1.29 is 19.1 Å². The Morgan fingerprint density at radius 3 is 2.46 bits per heavy atom. The quantitative estimate of drug-likeness (QED) is 0.680. The molecular weight excluding hydrogens is 308 g/mol. The van der Waals surface area contributed by atoms with E-state index in [4.69, 9.17) is 4.74 Å². The molecule has 0 aromatic heterocycles. The van der Waals surface area contributed by atoms with Crippen LogP contribution in [0, 0.1) is 0 Å². The Morgan fingerprint density at radius 1 is 1.17 bits per heavy atom. The van der Waals surface area contributed by atoms with Gasteiger partial charge in [0.15, 0.2) is 12.4 Å². The second-order valence-electron chi connectivity index (χ2n) is 5.73. The highest BCUT2D eigenvalue weighted by Gasteiger charge is 2.13. The van der Waals surface area contributed by atoms with E-state index in [1.54, 1.807) is 18.2 Å². The smallest absolute Gasteiger partial charge is 0.258 e. The molecule has 1 aromatic carbocycles. The van der Waals surface area contributed by atoms with Gasteiger partial charge < -0.3 is 15.4 Å². The topological polar surface area (TPSA) is 84.5 Å². The highest BCUT2D eigenvalue weighted by Crippen LogP contribution is 2.23. The lowest BCUT2D eigenvalue weighted by molar-refractivity contribution is -0.123. The third-order valence-electron chi connectivity index (χ3n) is 3.50. The van der Waals surface area contributed by atoms with Crippen LogP contribution in [-0.4, -0.2) is 30.2 Å². The summed E-state index contributed by atoms with van der Waals surface area (Å²) >= 11 is 0. The van der Waals surface area contributed by atoms with Crippen LogP contribution in [0.5, 0.6) is 5.75 Å². The first-order valence-corrected chi connectivity index (χ1v) is 8.24. The molecular formula is C18H26N2O4. The van der Waals surface area contributed by atoms with Crippen molar-refractivity contribution in [3.8, 4) is 5.75 Å². The fourth-order valence-electron chi connectivity index (χ4n) is 2.02. The molecule has 6 heteroatoms. The van der Waals surface area contributed by atoms with Crippen LogP contribution < -0.4 is 15.4 Å². The zero-order chi connectivity index (χ0) is 18.1. The molecule has 24 heavy (non-hydrogen) atoms. The lowest BCUT2D eigenvalue weighted by Gasteiger charge is -2.14. The maximum atomic E-state index is 11.8. The standard InChI is InChI=1S/C18H26N2O4/c1-5-7-17(22)20-14-8-9-16(15(10-14)13(4)21)24-11-18(23)19-12(3)6-2/h8-10,12H,5-7,11H2,1-4H3,(H,19,23)(H,20,22). The van der Waals surface area contributed by atoms with Crippen molar-refractivity contribution in [3.63, 3.8) is 0 Å². The predicted octanol–water partition coefficient (Wildman–Crippen LogP) is 2.92.